The van der Waals surface area contributed by atoms with E-state index in [2.05, 4.69) is 258 Å². The maximum Gasteiger partial charge on any atom is 0.145 e. The molecule has 332 valence electrons. The molecule has 0 saturated carbocycles. The van der Waals surface area contributed by atoms with E-state index in [9.17, 15) is 0 Å². The number of hydrogen-bond acceptors (Lipinski definition) is 2. The van der Waals surface area contributed by atoms with Gasteiger partial charge in [0.05, 0.1) is 49.6 Å². The van der Waals surface area contributed by atoms with Crippen LogP contribution >= 0.6 is 0 Å². The Bertz CT molecular complexity index is 4470. The molecule has 0 radical (unpaired) electrons. The first-order valence-corrected chi connectivity index (χ1v) is 24.4. The zero-order valence-electron chi connectivity index (χ0n) is 39.1. The highest BCUT2D eigenvalue weighted by atomic mass is 16.3. The van der Waals surface area contributed by atoms with Gasteiger partial charge in [0.25, 0.3) is 0 Å². The number of furan rings is 1. The summed E-state index contributed by atoms with van der Waals surface area (Å²) in [7, 11) is 0. The Kier molecular flexibility index (Phi) is 8.05. The van der Waals surface area contributed by atoms with Crippen molar-refractivity contribution in [3.63, 3.8) is 0 Å². The van der Waals surface area contributed by atoms with Gasteiger partial charge in [0.15, 0.2) is 0 Å². The van der Waals surface area contributed by atoms with Gasteiger partial charge in [0.2, 0.25) is 0 Å². The number of rotatable bonds is 5. The maximum atomic E-state index is 7.38. The van der Waals surface area contributed by atoms with E-state index in [0.717, 1.165) is 77.2 Å². The van der Waals surface area contributed by atoms with Crippen LogP contribution in [0.25, 0.3) is 116 Å². The third kappa shape index (κ3) is 5.26. The summed E-state index contributed by atoms with van der Waals surface area (Å²) in [5, 5.41) is 9.30. The van der Waals surface area contributed by atoms with Crippen LogP contribution in [0.4, 0.5) is 11.4 Å². The van der Waals surface area contributed by atoms with Crippen molar-refractivity contribution < 1.29 is 4.42 Å². The molecule has 0 amide bonds. The summed E-state index contributed by atoms with van der Waals surface area (Å²) in [6.07, 6.45) is 0. The van der Waals surface area contributed by atoms with E-state index in [4.69, 9.17) is 4.42 Å². The fourth-order valence-corrected chi connectivity index (χ4v) is 12.3. The van der Waals surface area contributed by atoms with E-state index < -0.39 is 0 Å². The van der Waals surface area contributed by atoms with Crippen LogP contribution < -0.4 is 4.90 Å². The molecule has 70 heavy (non-hydrogen) atoms. The van der Waals surface area contributed by atoms with Gasteiger partial charge in [-0.2, -0.15) is 0 Å². The molecule has 10 aromatic carbocycles. The topological polar surface area (TPSA) is 31.2 Å². The third-order valence-electron chi connectivity index (χ3n) is 15.9. The lowest BCUT2D eigenvalue weighted by molar-refractivity contribution is 0.462. The lowest BCUT2D eigenvalue weighted by atomic mass is 9.81. The average Bonchev–Trinajstić information content (AvgIpc) is 4.18. The minimum Gasteiger partial charge on any atom is -0.455 e. The summed E-state index contributed by atoms with van der Waals surface area (Å²) in [4.78, 5) is 2.50. The van der Waals surface area contributed by atoms with E-state index in [1.54, 1.807) is 0 Å². The zero-order valence-corrected chi connectivity index (χ0v) is 39.1. The summed E-state index contributed by atoms with van der Waals surface area (Å²) >= 11 is 0. The number of anilines is 2. The Hall–Kier alpha value is -8.80. The second-order valence-corrected chi connectivity index (χ2v) is 19.7. The molecule has 0 aliphatic carbocycles. The molecule has 4 aromatic heterocycles. The second kappa shape index (κ2) is 14.4. The van der Waals surface area contributed by atoms with Crippen molar-refractivity contribution in [1.29, 1.82) is 0 Å². The van der Waals surface area contributed by atoms with Gasteiger partial charge in [-0.05, 0) is 121 Å². The van der Waals surface area contributed by atoms with Crippen LogP contribution in [0.15, 0.2) is 223 Å². The summed E-state index contributed by atoms with van der Waals surface area (Å²) < 4.78 is 14.7. The first kappa shape index (κ1) is 39.2. The quantitative estimate of drug-likeness (QED) is 0.172. The van der Waals surface area contributed by atoms with Gasteiger partial charge >= 0.3 is 0 Å². The van der Waals surface area contributed by atoms with Crippen molar-refractivity contribution in [2.24, 2.45) is 0 Å². The Labute approximate surface area is 404 Å². The van der Waals surface area contributed by atoms with Crippen molar-refractivity contribution in [1.82, 2.24) is 13.7 Å². The van der Waals surface area contributed by atoms with Crippen molar-refractivity contribution in [3.8, 4) is 28.2 Å². The number of benzene rings is 10. The number of hydrogen-bond donors (Lipinski definition) is 0. The fraction of sp³-hybridized carbons (Fsp3) is 0.0769. The smallest absolute Gasteiger partial charge is 0.145 e. The van der Waals surface area contributed by atoms with Gasteiger partial charge in [-0.3, -0.25) is 0 Å². The van der Waals surface area contributed by atoms with Crippen LogP contribution in [0.3, 0.4) is 0 Å². The molecule has 0 saturated heterocycles. The molecule has 1 aliphatic heterocycles. The first-order valence-electron chi connectivity index (χ1n) is 24.4. The van der Waals surface area contributed by atoms with E-state index in [1.165, 1.54) is 55.3 Å². The summed E-state index contributed by atoms with van der Waals surface area (Å²) in [6, 6.07) is 80.2. The van der Waals surface area contributed by atoms with E-state index in [1.807, 2.05) is 0 Å². The van der Waals surface area contributed by atoms with Crippen molar-refractivity contribution >= 4 is 98.7 Å². The largest absolute Gasteiger partial charge is 0.455 e. The normalized spacial score (nSPS) is 14.7. The van der Waals surface area contributed by atoms with Crippen LogP contribution in [0.5, 0.6) is 0 Å². The van der Waals surface area contributed by atoms with Crippen LogP contribution in [0, 0.1) is 0 Å². The van der Waals surface area contributed by atoms with Crippen molar-refractivity contribution in [2.75, 3.05) is 4.90 Å². The minimum atomic E-state index is -0.0746. The number of nitrogens with zero attached hydrogens (tertiary/aromatic N) is 4. The molecule has 0 N–H and O–H groups in total. The predicted molar refractivity (Wildman–Crippen MR) is 293 cm³/mol. The van der Waals surface area contributed by atoms with Gasteiger partial charge in [-0.1, -0.05) is 129 Å². The Balaban J connectivity index is 0.928. The third-order valence-corrected chi connectivity index (χ3v) is 15.9. The molecular weight excluding hydrogens is 853 g/mol. The molecule has 1 unspecified atom stereocenters. The average molecular weight is 899 g/mol. The lowest BCUT2D eigenvalue weighted by Gasteiger charge is -2.31. The molecule has 1 atom stereocenters. The zero-order chi connectivity index (χ0) is 46.4. The standard InChI is InChI=1S/C65H46N4O/c1-40-65(2,3)52-39-44(31-35-58(52)66(40)42-18-6-4-7-19-42)68-55-28-16-12-24-49(55)61-59(68)36-32-47-48-33-37-60-62(64(48)70-63(47)61)50-25-13-17-29-56(50)69(60)53-26-14-10-22-45(53)41-30-34-57-51(38-41)46-23-11-15-27-54(46)67(57)43-20-8-5-9-21-43/h4-40H,1-3H3. The Morgan fingerprint density at radius 2 is 0.886 bits per heavy atom. The molecule has 5 heteroatoms. The van der Waals surface area contributed by atoms with Gasteiger partial charge < -0.3 is 23.0 Å². The van der Waals surface area contributed by atoms with E-state index in [0.29, 0.717) is 0 Å². The summed E-state index contributed by atoms with van der Waals surface area (Å²) in [6.45, 7) is 7.12. The molecule has 14 aromatic rings. The van der Waals surface area contributed by atoms with Gasteiger partial charge in [-0.15, -0.1) is 0 Å². The Morgan fingerprint density at radius 3 is 1.57 bits per heavy atom. The molecule has 15 rings (SSSR count). The molecule has 0 fully saturated rings. The van der Waals surface area contributed by atoms with Crippen LogP contribution in [0.2, 0.25) is 0 Å². The van der Waals surface area contributed by atoms with Gasteiger partial charge in [-0.25, -0.2) is 0 Å². The SMILES string of the molecule is CC1N(c2ccccc2)c2ccc(-n3c4ccccc4c4c5oc6c(ccc7c6c6ccccc6n7-c6ccccc6-c6ccc7c(c6)c6ccccc6n7-c6ccccc6)c5ccc43)cc2C1(C)C. The monoisotopic (exact) mass is 898 g/mol. The van der Waals surface area contributed by atoms with Crippen LogP contribution in [0.1, 0.15) is 26.3 Å². The predicted octanol–water partition coefficient (Wildman–Crippen LogP) is 17.4. The minimum absolute atomic E-state index is 0.0746. The molecule has 1 aliphatic rings. The lowest BCUT2D eigenvalue weighted by Crippen LogP contribution is -2.36. The van der Waals surface area contributed by atoms with Crippen LogP contribution in [-0.4, -0.2) is 19.7 Å². The molecular formula is C65H46N4O. The van der Waals surface area contributed by atoms with Crippen molar-refractivity contribution in [2.45, 2.75) is 32.2 Å². The Morgan fingerprint density at radius 1 is 0.371 bits per heavy atom. The molecule has 5 nitrogen and oxygen atoms in total. The maximum absolute atomic E-state index is 7.38. The highest BCUT2D eigenvalue weighted by Crippen LogP contribution is 2.51. The van der Waals surface area contributed by atoms with E-state index in [-0.39, 0.29) is 11.5 Å². The summed E-state index contributed by atoms with van der Waals surface area (Å²) in [5.41, 5.74) is 18.3. The number of para-hydroxylation sites is 6. The molecule has 0 bridgehead atoms. The highest BCUT2D eigenvalue weighted by Gasteiger charge is 2.43. The first-order chi connectivity index (χ1) is 34.4. The number of aromatic nitrogens is 3. The van der Waals surface area contributed by atoms with Gasteiger partial charge in [0, 0.05) is 72.1 Å². The second-order valence-electron chi connectivity index (χ2n) is 19.7. The van der Waals surface area contributed by atoms with Crippen molar-refractivity contribution in [3.05, 3.63) is 224 Å². The summed E-state index contributed by atoms with van der Waals surface area (Å²) in [5.74, 6) is 0. The van der Waals surface area contributed by atoms with Gasteiger partial charge in [0.1, 0.15) is 11.2 Å². The van der Waals surface area contributed by atoms with E-state index >= 15 is 0 Å². The molecule has 0 spiro atoms. The number of fused-ring (bicyclic) bond motifs is 15. The van der Waals surface area contributed by atoms with Crippen LogP contribution in [-0.2, 0) is 5.41 Å². The highest BCUT2D eigenvalue weighted by molar-refractivity contribution is 6.29. The fourth-order valence-electron chi connectivity index (χ4n) is 12.3. The molecule has 5 heterocycles.